The number of carbonyl (C=O) groups excluding carboxylic acids is 1. The number of nitrogens with one attached hydrogen (secondary N) is 1. The van der Waals surface area contributed by atoms with Gasteiger partial charge < -0.3 is 15.2 Å². The minimum atomic E-state index is -3.11. The van der Waals surface area contributed by atoms with Gasteiger partial charge in [0.05, 0.1) is 12.0 Å². The summed E-state index contributed by atoms with van der Waals surface area (Å²) in [6, 6.07) is 14.5. The largest absolute Gasteiger partial charge is 0.481 e. The molecule has 0 bridgehead atoms. The maximum atomic E-state index is 13.6. The Kier molecular flexibility index (Phi) is 4.53. The normalized spacial score (nSPS) is 22.4. The monoisotopic (exact) mass is 387 g/mol. The minimum Gasteiger partial charge on any atom is -0.481 e. The molecule has 0 spiro atoms. The average molecular weight is 387 g/mol. The van der Waals surface area contributed by atoms with E-state index in [1.165, 1.54) is 0 Å². The molecule has 2 N–H and O–H groups in total. The van der Waals surface area contributed by atoms with Crippen LogP contribution in [0.5, 0.6) is 0 Å². The third kappa shape index (κ3) is 3.32. The number of alkyl carbamates (subject to hydrolysis) is 1. The van der Waals surface area contributed by atoms with Gasteiger partial charge in [0.15, 0.2) is 0 Å². The maximum Gasteiger partial charge on any atom is 0.407 e. The molecule has 1 amide bonds. The number of fused-ring (bicyclic) bond motifs is 3. The summed E-state index contributed by atoms with van der Waals surface area (Å²) in [6.07, 6.45) is -2.36. The zero-order valence-corrected chi connectivity index (χ0v) is 14.9. The summed E-state index contributed by atoms with van der Waals surface area (Å²) >= 11 is 0. The Morgan fingerprint density at radius 2 is 1.61 bits per heavy atom. The Balaban J connectivity index is 1.45. The van der Waals surface area contributed by atoms with Gasteiger partial charge in [-0.1, -0.05) is 48.5 Å². The first kappa shape index (κ1) is 18.4. The summed E-state index contributed by atoms with van der Waals surface area (Å²) < 4.78 is 32.4. The molecule has 0 aromatic heterocycles. The van der Waals surface area contributed by atoms with Crippen molar-refractivity contribution in [2.24, 2.45) is 5.92 Å². The van der Waals surface area contributed by atoms with Crippen molar-refractivity contribution in [1.82, 2.24) is 5.32 Å². The molecule has 0 aliphatic heterocycles. The third-order valence-electron chi connectivity index (χ3n) is 5.49. The van der Waals surface area contributed by atoms with Gasteiger partial charge in [0.25, 0.3) is 5.92 Å². The number of hydrogen-bond donors (Lipinski definition) is 2. The van der Waals surface area contributed by atoms with E-state index in [1.54, 1.807) is 0 Å². The zero-order chi connectivity index (χ0) is 19.9. The predicted molar refractivity (Wildman–Crippen MR) is 97.3 cm³/mol. The Morgan fingerprint density at radius 1 is 1.04 bits per heavy atom. The fourth-order valence-corrected chi connectivity index (χ4v) is 4.21. The molecule has 2 aromatic rings. The fourth-order valence-electron chi connectivity index (χ4n) is 4.21. The van der Waals surface area contributed by atoms with Crippen LogP contribution in [-0.4, -0.2) is 35.7 Å². The van der Waals surface area contributed by atoms with Gasteiger partial charge in [0.1, 0.15) is 6.61 Å². The Labute approximate surface area is 160 Å². The van der Waals surface area contributed by atoms with Crippen LogP contribution in [0.15, 0.2) is 48.5 Å². The second kappa shape index (κ2) is 6.89. The molecule has 0 radical (unpaired) electrons. The Morgan fingerprint density at radius 3 is 2.18 bits per heavy atom. The number of amides is 1. The van der Waals surface area contributed by atoms with E-state index in [0.717, 1.165) is 22.3 Å². The van der Waals surface area contributed by atoms with Gasteiger partial charge in [-0.05, 0) is 22.3 Å². The summed E-state index contributed by atoms with van der Waals surface area (Å²) in [5, 5.41) is 11.4. The van der Waals surface area contributed by atoms with Gasteiger partial charge in [0, 0.05) is 18.8 Å². The number of halogens is 2. The molecule has 1 saturated carbocycles. The van der Waals surface area contributed by atoms with E-state index in [-0.39, 0.29) is 12.5 Å². The quantitative estimate of drug-likeness (QED) is 0.831. The molecule has 2 aliphatic carbocycles. The van der Waals surface area contributed by atoms with Gasteiger partial charge >= 0.3 is 12.1 Å². The van der Waals surface area contributed by atoms with E-state index in [0.29, 0.717) is 0 Å². The van der Waals surface area contributed by atoms with Crippen LogP contribution in [0.25, 0.3) is 11.1 Å². The van der Waals surface area contributed by atoms with Crippen LogP contribution in [-0.2, 0) is 9.53 Å². The molecule has 146 valence electrons. The van der Waals surface area contributed by atoms with Gasteiger partial charge in [0.2, 0.25) is 0 Å². The minimum absolute atomic E-state index is 0.0424. The first-order valence-electron chi connectivity index (χ1n) is 9.08. The number of carboxylic acids is 1. The number of alkyl halides is 2. The number of carboxylic acid groups (broad SMARTS) is 1. The lowest BCUT2D eigenvalue weighted by Gasteiger charge is -2.19. The summed E-state index contributed by atoms with van der Waals surface area (Å²) in [6.45, 7) is 0.0424. The van der Waals surface area contributed by atoms with E-state index in [2.05, 4.69) is 5.32 Å². The highest BCUT2D eigenvalue weighted by atomic mass is 19.3. The lowest BCUT2D eigenvalue weighted by molar-refractivity contribution is -0.143. The molecule has 0 unspecified atom stereocenters. The summed E-state index contributed by atoms with van der Waals surface area (Å²) in [5.41, 5.74) is 4.22. The van der Waals surface area contributed by atoms with Crippen molar-refractivity contribution in [3.8, 4) is 11.1 Å². The Hall–Kier alpha value is -2.96. The topological polar surface area (TPSA) is 75.6 Å². The number of aliphatic carboxylic acids is 1. The molecule has 1 fully saturated rings. The van der Waals surface area contributed by atoms with E-state index in [4.69, 9.17) is 9.84 Å². The van der Waals surface area contributed by atoms with Crippen LogP contribution < -0.4 is 5.32 Å². The van der Waals surface area contributed by atoms with Crippen LogP contribution in [0.4, 0.5) is 13.6 Å². The lowest BCUT2D eigenvalue weighted by atomic mass is 9.98. The third-order valence-corrected chi connectivity index (χ3v) is 5.49. The van der Waals surface area contributed by atoms with E-state index < -0.39 is 42.8 Å². The summed E-state index contributed by atoms with van der Waals surface area (Å²) in [5.74, 6) is -5.93. The van der Waals surface area contributed by atoms with Gasteiger partial charge in [-0.15, -0.1) is 0 Å². The molecular formula is C21H19F2NO4. The average Bonchev–Trinajstić information content (AvgIpc) is 3.14. The molecule has 7 heteroatoms. The van der Waals surface area contributed by atoms with Crippen molar-refractivity contribution in [1.29, 1.82) is 0 Å². The predicted octanol–water partition coefficient (Wildman–Crippen LogP) is 4.02. The SMILES string of the molecule is O=C(N[C@@H]1CC(F)(F)C[C@H]1C(=O)O)OCC1c2ccccc2-c2ccccc21. The molecule has 2 aliphatic rings. The highest BCUT2D eigenvalue weighted by Crippen LogP contribution is 2.44. The van der Waals surface area contributed by atoms with Crippen LogP contribution in [0.3, 0.4) is 0 Å². The number of benzene rings is 2. The number of rotatable bonds is 4. The van der Waals surface area contributed by atoms with Crippen molar-refractivity contribution in [3.05, 3.63) is 59.7 Å². The van der Waals surface area contributed by atoms with E-state index in [9.17, 15) is 18.4 Å². The standard InChI is InChI=1S/C21H19F2NO4/c22-21(23)9-16(19(25)26)18(10-21)24-20(27)28-11-17-14-7-3-1-5-12(14)13-6-2-4-8-15(13)17/h1-8,16-18H,9-11H2,(H,24,27)(H,25,26)/t16-,18-/m1/s1. The second-order valence-electron chi connectivity index (χ2n) is 7.29. The highest BCUT2D eigenvalue weighted by Gasteiger charge is 2.50. The van der Waals surface area contributed by atoms with Crippen molar-refractivity contribution in [2.45, 2.75) is 30.7 Å². The van der Waals surface area contributed by atoms with E-state index >= 15 is 0 Å². The second-order valence-corrected chi connectivity index (χ2v) is 7.29. The molecular weight excluding hydrogens is 368 g/mol. The highest BCUT2D eigenvalue weighted by molar-refractivity contribution is 5.79. The van der Waals surface area contributed by atoms with Gasteiger partial charge in [-0.25, -0.2) is 13.6 Å². The van der Waals surface area contributed by atoms with E-state index in [1.807, 2.05) is 48.5 Å². The van der Waals surface area contributed by atoms with Crippen LogP contribution in [0, 0.1) is 5.92 Å². The van der Waals surface area contributed by atoms with Crippen LogP contribution in [0.2, 0.25) is 0 Å². The first-order chi connectivity index (χ1) is 13.4. The number of carbonyl (C=O) groups is 2. The van der Waals surface area contributed by atoms with Gasteiger partial charge in [-0.3, -0.25) is 4.79 Å². The molecule has 0 saturated heterocycles. The van der Waals surface area contributed by atoms with Crippen LogP contribution >= 0.6 is 0 Å². The maximum absolute atomic E-state index is 13.6. The van der Waals surface area contributed by atoms with Crippen molar-refractivity contribution >= 4 is 12.1 Å². The zero-order valence-electron chi connectivity index (χ0n) is 14.9. The molecule has 28 heavy (non-hydrogen) atoms. The molecule has 5 nitrogen and oxygen atoms in total. The van der Waals surface area contributed by atoms with Gasteiger partial charge in [-0.2, -0.15) is 0 Å². The fraction of sp³-hybridized carbons (Fsp3) is 0.333. The van der Waals surface area contributed by atoms with Crippen molar-refractivity contribution in [2.75, 3.05) is 6.61 Å². The number of ether oxygens (including phenoxy) is 1. The summed E-state index contributed by atoms with van der Waals surface area (Å²) in [7, 11) is 0. The molecule has 2 aromatic carbocycles. The molecule has 0 heterocycles. The Bertz CT molecular complexity index is 885. The molecule has 2 atom stereocenters. The van der Waals surface area contributed by atoms with Crippen molar-refractivity contribution < 1.29 is 28.2 Å². The lowest BCUT2D eigenvalue weighted by Crippen LogP contribution is -2.41. The summed E-state index contributed by atoms with van der Waals surface area (Å²) in [4.78, 5) is 23.4. The smallest absolute Gasteiger partial charge is 0.407 e. The van der Waals surface area contributed by atoms with Crippen molar-refractivity contribution in [3.63, 3.8) is 0 Å². The van der Waals surface area contributed by atoms with Crippen LogP contribution in [0.1, 0.15) is 29.9 Å². The molecule has 4 rings (SSSR count). The number of hydrogen-bond acceptors (Lipinski definition) is 3. The first-order valence-corrected chi connectivity index (χ1v) is 9.08.